The van der Waals surface area contributed by atoms with Crippen LogP contribution in [0.2, 0.25) is 0 Å². The molecule has 0 aliphatic heterocycles. The van der Waals surface area contributed by atoms with Gasteiger partial charge in [0.2, 0.25) is 0 Å². The smallest absolute Gasteiger partial charge is 0.412 e. The number of amides is 1. The van der Waals surface area contributed by atoms with Gasteiger partial charge in [-0.1, -0.05) is 0 Å². The minimum absolute atomic E-state index is 0.193. The standard InChI is InChI=1S/C11H16F3N3O2/c1-7-8(15-9(18)19-10(2,3)4)5-17(16-7)6-11(12,13)14/h5H,6H2,1-4H3,(H,15,18). The Hall–Kier alpha value is -1.73. The lowest BCUT2D eigenvalue weighted by Gasteiger charge is -2.19. The molecule has 0 aromatic carbocycles. The van der Waals surface area contributed by atoms with Crippen LogP contribution in [0.3, 0.4) is 0 Å². The number of rotatable bonds is 2. The number of carbonyl (C=O) groups excluding carboxylic acids is 1. The average Bonchev–Trinajstić information content (AvgIpc) is 2.39. The Labute approximate surface area is 108 Å². The molecule has 8 heteroatoms. The van der Waals surface area contributed by atoms with Crippen molar-refractivity contribution in [2.75, 3.05) is 5.32 Å². The summed E-state index contributed by atoms with van der Waals surface area (Å²) in [6.07, 6.45) is -3.98. The molecule has 1 aromatic heterocycles. The third kappa shape index (κ3) is 5.62. The summed E-state index contributed by atoms with van der Waals surface area (Å²) in [7, 11) is 0. The highest BCUT2D eigenvalue weighted by Gasteiger charge is 2.29. The lowest BCUT2D eigenvalue weighted by atomic mass is 10.2. The van der Waals surface area contributed by atoms with Gasteiger partial charge in [0, 0.05) is 6.20 Å². The van der Waals surface area contributed by atoms with Crippen molar-refractivity contribution in [2.24, 2.45) is 0 Å². The topological polar surface area (TPSA) is 56.2 Å². The first-order chi connectivity index (χ1) is 8.46. The first-order valence-corrected chi connectivity index (χ1v) is 5.57. The lowest BCUT2D eigenvalue weighted by molar-refractivity contribution is -0.142. The maximum absolute atomic E-state index is 12.2. The molecule has 0 fully saturated rings. The third-order valence-corrected chi connectivity index (χ3v) is 1.92. The van der Waals surface area contributed by atoms with Crippen molar-refractivity contribution in [1.29, 1.82) is 0 Å². The zero-order valence-electron chi connectivity index (χ0n) is 11.1. The number of alkyl halides is 3. The van der Waals surface area contributed by atoms with Gasteiger partial charge in [-0.05, 0) is 27.7 Å². The Morgan fingerprint density at radius 2 is 2.00 bits per heavy atom. The molecular formula is C11H16F3N3O2. The maximum Gasteiger partial charge on any atom is 0.412 e. The number of hydrogen-bond donors (Lipinski definition) is 1. The van der Waals surface area contributed by atoms with E-state index < -0.39 is 24.4 Å². The second kappa shape index (κ2) is 5.10. The van der Waals surface area contributed by atoms with Gasteiger partial charge in [-0.2, -0.15) is 18.3 Å². The van der Waals surface area contributed by atoms with Crippen molar-refractivity contribution in [3.8, 4) is 0 Å². The minimum atomic E-state index is -4.36. The first-order valence-electron chi connectivity index (χ1n) is 5.57. The number of nitrogens with zero attached hydrogens (tertiary/aromatic N) is 2. The summed E-state index contributed by atoms with van der Waals surface area (Å²) in [5.74, 6) is 0. The van der Waals surface area contributed by atoms with Gasteiger partial charge in [-0.25, -0.2) is 4.79 Å². The van der Waals surface area contributed by atoms with Gasteiger partial charge in [0.05, 0.1) is 11.4 Å². The van der Waals surface area contributed by atoms with E-state index in [-0.39, 0.29) is 11.4 Å². The van der Waals surface area contributed by atoms with Crippen LogP contribution in [-0.2, 0) is 11.3 Å². The molecular weight excluding hydrogens is 263 g/mol. The molecule has 1 rings (SSSR count). The molecule has 1 heterocycles. The summed E-state index contributed by atoms with van der Waals surface area (Å²) in [4.78, 5) is 11.5. The predicted octanol–water partition coefficient (Wildman–Crippen LogP) is 3.10. The Balaban J connectivity index is 2.72. The van der Waals surface area contributed by atoms with E-state index in [0.29, 0.717) is 0 Å². The van der Waals surface area contributed by atoms with Crippen molar-refractivity contribution < 1.29 is 22.7 Å². The van der Waals surface area contributed by atoms with Gasteiger partial charge >= 0.3 is 12.3 Å². The number of aromatic nitrogens is 2. The highest BCUT2D eigenvalue weighted by atomic mass is 19.4. The van der Waals surface area contributed by atoms with Crippen molar-refractivity contribution >= 4 is 11.8 Å². The van der Waals surface area contributed by atoms with Crippen LogP contribution < -0.4 is 5.32 Å². The zero-order chi connectivity index (χ0) is 14.8. The zero-order valence-corrected chi connectivity index (χ0v) is 11.1. The second-order valence-electron chi connectivity index (χ2n) is 5.07. The van der Waals surface area contributed by atoms with Gasteiger partial charge < -0.3 is 4.74 Å². The number of ether oxygens (including phenoxy) is 1. The molecule has 0 spiro atoms. The number of carbonyl (C=O) groups is 1. The van der Waals surface area contributed by atoms with Crippen LogP contribution in [0.25, 0.3) is 0 Å². The van der Waals surface area contributed by atoms with E-state index in [1.807, 2.05) is 0 Å². The van der Waals surface area contributed by atoms with Crippen LogP contribution in [-0.4, -0.2) is 27.7 Å². The van der Waals surface area contributed by atoms with Crippen LogP contribution in [0, 0.1) is 6.92 Å². The number of halogens is 3. The normalized spacial score (nSPS) is 12.4. The summed E-state index contributed by atoms with van der Waals surface area (Å²) in [6.45, 7) is 5.36. The SMILES string of the molecule is Cc1nn(CC(F)(F)F)cc1NC(=O)OC(C)(C)C. The minimum Gasteiger partial charge on any atom is -0.444 e. The molecule has 1 N–H and O–H groups in total. The molecule has 0 unspecified atom stereocenters. The molecule has 5 nitrogen and oxygen atoms in total. The molecule has 0 saturated heterocycles. The molecule has 19 heavy (non-hydrogen) atoms. The summed E-state index contributed by atoms with van der Waals surface area (Å²) in [5.41, 5.74) is -0.200. The predicted molar refractivity (Wildman–Crippen MR) is 62.9 cm³/mol. The summed E-state index contributed by atoms with van der Waals surface area (Å²) < 4.78 is 42.3. The van der Waals surface area contributed by atoms with E-state index >= 15 is 0 Å². The largest absolute Gasteiger partial charge is 0.444 e. The second-order valence-corrected chi connectivity index (χ2v) is 5.07. The molecule has 0 atom stereocenters. The van der Waals surface area contributed by atoms with Gasteiger partial charge in [-0.3, -0.25) is 10.00 Å². The average molecular weight is 279 g/mol. The van der Waals surface area contributed by atoms with E-state index in [0.717, 1.165) is 10.9 Å². The van der Waals surface area contributed by atoms with Crippen molar-refractivity contribution in [3.05, 3.63) is 11.9 Å². The highest BCUT2D eigenvalue weighted by molar-refractivity contribution is 5.85. The van der Waals surface area contributed by atoms with Gasteiger partial charge in [0.1, 0.15) is 12.1 Å². The Bertz CT molecular complexity index is 461. The Kier molecular flexibility index (Phi) is 4.12. The lowest BCUT2D eigenvalue weighted by Crippen LogP contribution is -2.27. The number of anilines is 1. The monoisotopic (exact) mass is 279 g/mol. The summed E-state index contributed by atoms with van der Waals surface area (Å²) >= 11 is 0. The fourth-order valence-electron chi connectivity index (χ4n) is 1.32. The number of aryl methyl sites for hydroxylation is 1. The van der Waals surface area contributed by atoms with Gasteiger partial charge in [0.25, 0.3) is 0 Å². The molecule has 0 aliphatic carbocycles. The number of nitrogens with one attached hydrogen (secondary N) is 1. The van der Waals surface area contributed by atoms with E-state index in [1.54, 1.807) is 20.8 Å². The Morgan fingerprint density at radius 1 is 1.42 bits per heavy atom. The van der Waals surface area contributed by atoms with Crippen LogP contribution >= 0.6 is 0 Å². The van der Waals surface area contributed by atoms with Crippen LogP contribution in [0.15, 0.2) is 6.20 Å². The number of hydrogen-bond acceptors (Lipinski definition) is 3. The molecule has 0 saturated carbocycles. The van der Waals surface area contributed by atoms with E-state index in [9.17, 15) is 18.0 Å². The fraction of sp³-hybridized carbons (Fsp3) is 0.636. The van der Waals surface area contributed by atoms with Crippen molar-refractivity contribution in [2.45, 2.75) is 46.0 Å². The van der Waals surface area contributed by atoms with E-state index in [2.05, 4.69) is 10.4 Å². The van der Waals surface area contributed by atoms with Crippen molar-refractivity contribution in [1.82, 2.24) is 9.78 Å². The van der Waals surface area contributed by atoms with Crippen molar-refractivity contribution in [3.63, 3.8) is 0 Å². The maximum atomic E-state index is 12.2. The molecule has 1 aromatic rings. The summed E-state index contributed by atoms with van der Waals surface area (Å²) in [6, 6.07) is 0. The van der Waals surface area contributed by atoms with Gasteiger partial charge in [0.15, 0.2) is 0 Å². The van der Waals surface area contributed by atoms with E-state index in [4.69, 9.17) is 4.74 Å². The molecule has 108 valence electrons. The fourth-order valence-corrected chi connectivity index (χ4v) is 1.32. The summed E-state index contributed by atoms with van der Waals surface area (Å²) in [5, 5.41) is 6.03. The molecule has 1 amide bonds. The van der Waals surface area contributed by atoms with Crippen LogP contribution in [0.4, 0.5) is 23.7 Å². The first kappa shape index (κ1) is 15.3. The highest BCUT2D eigenvalue weighted by Crippen LogP contribution is 2.20. The van der Waals surface area contributed by atoms with Crippen LogP contribution in [0.1, 0.15) is 26.5 Å². The molecule has 0 bridgehead atoms. The van der Waals surface area contributed by atoms with Gasteiger partial charge in [-0.15, -0.1) is 0 Å². The Morgan fingerprint density at radius 3 is 2.47 bits per heavy atom. The molecule has 0 radical (unpaired) electrons. The quantitative estimate of drug-likeness (QED) is 0.905. The third-order valence-electron chi connectivity index (χ3n) is 1.92. The van der Waals surface area contributed by atoms with E-state index in [1.165, 1.54) is 6.92 Å². The molecule has 0 aliphatic rings. The van der Waals surface area contributed by atoms with Crippen LogP contribution in [0.5, 0.6) is 0 Å².